The molecule has 8 heteroatoms. The van der Waals surface area contributed by atoms with Crippen LogP contribution in [-0.4, -0.2) is 32.0 Å². The lowest BCUT2D eigenvalue weighted by molar-refractivity contribution is -0.133. The summed E-state index contributed by atoms with van der Waals surface area (Å²) in [6.07, 6.45) is 0. The molecule has 34 heavy (non-hydrogen) atoms. The Kier molecular flexibility index (Phi) is 5.98. The van der Waals surface area contributed by atoms with Crippen LogP contribution in [-0.2, 0) is 24.4 Å². The van der Waals surface area contributed by atoms with Gasteiger partial charge in [0, 0.05) is 18.1 Å². The predicted molar refractivity (Wildman–Crippen MR) is 134 cm³/mol. The number of carbonyl (C=O) groups is 2. The summed E-state index contributed by atoms with van der Waals surface area (Å²) in [5.74, 6) is -0.491. The van der Waals surface area contributed by atoms with Crippen molar-refractivity contribution < 1.29 is 9.59 Å². The smallest absolute Gasteiger partial charge is 0.273 e. The minimum absolute atomic E-state index is 0.216. The Labute approximate surface area is 206 Å². The van der Waals surface area contributed by atoms with E-state index in [0.29, 0.717) is 17.3 Å². The summed E-state index contributed by atoms with van der Waals surface area (Å²) in [5.41, 5.74) is 1.80. The zero-order valence-corrected chi connectivity index (χ0v) is 20.1. The van der Waals surface area contributed by atoms with E-state index in [4.69, 9.17) is 11.6 Å². The highest BCUT2D eigenvalue weighted by molar-refractivity contribution is 7.13. The molecule has 0 fully saturated rings. The van der Waals surface area contributed by atoms with Gasteiger partial charge in [0.1, 0.15) is 16.9 Å². The van der Waals surface area contributed by atoms with Gasteiger partial charge < -0.3 is 10.2 Å². The van der Waals surface area contributed by atoms with Crippen molar-refractivity contribution >= 4 is 34.8 Å². The lowest BCUT2D eigenvalue weighted by Gasteiger charge is -2.43. The second-order valence-corrected chi connectivity index (χ2v) is 9.83. The normalized spacial score (nSPS) is 17.5. The molecule has 1 aliphatic rings. The molecule has 0 saturated carbocycles. The molecule has 6 nitrogen and oxygen atoms in total. The average molecular weight is 491 g/mol. The Bertz CT molecular complexity index is 1340. The van der Waals surface area contributed by atoms with E-state index in [1.807, 2.05) is 66.0 Å². The number of nitrogens with one attached hydrogen (secondary N) is 1. The van der Waals surface area contributed by atoms with Gasteiger partial charge in [-0.3, -0.25) is 14.3 Å². The van der Waals surface area contributed by atoms with Crippen LogP contribution < -0.4 is 5.32 Å². The standard InChI is InChI=1S/C26H23ClN4O2S/c1-26(25(33)28-15-18-8-3-2-4-9-18)17-31-22(14-21(29-31)23-12-7-13-34-23)24(32)30(26)16-19-10-5-6-11-20(19)27/h2-14H,15-17H2,1H3,(H,28,33)/t26-/m1/s1. The topological polar surface area (TPSA) is 67.2 Å². The highest BCUT2D eigenvalue weighted by atomic mass is 35.5. The quantitative estimate of drug-likeness (QED) is 0.413. The summed E-state index contributed by atoms with van der Waals surface area (Å²) >= 11 is 7.98. The predicted octanol–water partition coefficient (Wildman–Crippen LogP) is 5.00. The van der Waals surface area contributed by atoms with Crippen molar-refractivity contribution in [2.24, 2.45) is 0 Å². The molecule has 1 aliphatic heterocycles. The van der Waals surface area contributed by atoms with E-state index < -0.39 is 5.54 Å². The fraction of sp³-hybridized carbons (Fsp3) is 0.192. The minimum Gasteiger partial charge on any atom is -0.350 e. The molecule has 0 radical (unpaired) electrons. The van der Waals surface area contributed by atoms with Crippen molar-refractivity contribution in [3.63, 3.8) is 0 Å². The van der Waals surface area contributed by atoms with Crippen LogP contribution >= 0.6 is 22.9 Å². The Morgan fingerprint density at radius 1 is 1.12 bits per heavy atom. The van der Waals surface area contributed by atoms with Crippen LogP contribution in [0.4, 0.5) is 0 Å². The van der Waals surface area contributed by atoms with Gasteiger partial charge in [0.25, 0.3) is 5.91 Å². The number of carbonyl (C=O) groups excluding carboxylic acids is 2. The molecule has 0 saturated heterocycles. The SMILES string of the molecule is C[C@]1(C(=O)NCc2ccccc2)Cn2nc(-c3cccs3)cc2C(=O)N1Cc1ccccc1Cl. The molecular weight excluding hydrogens is 468 g/mol. The molecule has 0 unspecified atom stereocenters. The Hall–Kier alpha value is -3.42. The molecule has 5 rings (SSSR count). The maximum Gasteiger partial charge on any atom is 0.273 e. The van der Waals surface area contributed by atoms with Crippen LogP contribution in [0.3, 0.4) is 0 Å². The van der Waals surface area contributed by atoms with Crippen molar-refractivity contribution in [1.82, 2.24) is 20.0 Å². The van der Waals surface area contributed by atoms with E-state index in [9.17, 15) is 9.59 Å². The monoisotopic (exact) mass is 490 g/mol. The van der Waals surface area contributed by atoms with Crippen LogP contribution in [0.1, 0.15) is 28.5 Å². The molecule has 1 N–H and O–H groups in total. The number of aromatic nitrogens is 2. The molecule has 0 spiro atoms. The summed E-state index contributed by atoms with van der Waals surface area (Å²) in [7, 11) is 0. The second-order valence-electron chi connectivity index (χ2n) is 8.47. The Morgan fingerprint density at radius 2 is 1.88 bits per heavy atom. The number of halogens is 1. The van der Waals surface area contributed by atoms with Crippen LogP contribution in [0.2, 0.25) is 5.02 Å². The highest BCUT2D eigenvalue weighted by Gasteiger charge is 2.48. The van der Waals surface area contributed by atoms with Crippen molar-refractivity contribution in [3.8, 4) is 10.6 Å². The second kappa shape index (κ2) is 9.08. The summed E-state index contributed by atoms with van der Waals surface area (Å²) in [5, 5.41) is 10.2. The fourth-order valence-corrected chi connectivity index (χ4v) is 5.08. The van der Waals surface area contributed by atoms with Crippen LogP contribution in [0.15, 0.2) is 78.2 Å². The number of rotatable bonds is 6. The van der Waals surface area contributed by atoms with Gasteiger partial charge in [-0.25, -0.2) is 0 Å². The lowest BCUT2D eigenvalue weighted by atomic mass is 9.94. The first-order valence-corrected chi connectivity index (χ1v) is 12.2. The van der Waals surface area contributed by atoms with Gasteiger partial charge >= 0.3 is 0 Å². The number of fused-ring (bicyclic) bond motifs is 1. The minimum atomic E-state index is -1.16. The van der Waals surface area contributed by atoms with E-state index in [0.717, 1.165) is 21.7 Å². The molecule has 1 atom stereocenters. The average Bonchev–Trinajstić information content (AvgIpc) is 3.52. The number of thiophene rings is 1. The molecule has 2 aromatic carbocycles. The van der Waals surface area contributed by atoms with Gasteiger partial charge in [-0.15, -0.1) is 11.3 Å². The van der Waals surface area contributed by atoms with E-state index in [2.05, 4.69) is 10.4 Å². The highest BCUT2D eigenvalue weighted by Crippen LogP contribution is 2.33. The number of nitrogens with zero attached hydrogens (tertiary/aromatic N) is 3. The first kappa shape index (κ1) is 22.4. The number of hydrogen-bond donors (Lipinski definition) is 1. The third kappa shape index (κ3) is 4.13. The number of amides is 2. The largest absolute Gasteiger partial charge is 0.350 e. The van der Waals surface area contributed by atoms with Gasteiger partial charge in [-0.2, -0.15) is 5.10 Å². The number of benzene rings is 2. The summed E-state index contributed by atoms with van der Waals surface area (Å²) in [6.45, 7) is 2.62. The maximum absolute atomic E-state index is 13.8. The zero-order valence-electron chi connectivity index (χ0n) is 18.6. The van der Waals surface area contributed by atoms with E-state index in [1.165, 1.54) is 0 Å². The Balaban J connectivity index is 1.51. The molecule has 4 aromatic rings. The van der Waals surface area contributed by atoms with Crippen molar-refractivity contribution in [2.45, 2.75) is 32.1 Å². The molecule has 0 aliphatic carbocycles. The third-order valence-electron chi connectivity index (χ3n) is 6.14. The molecule has 3 heterocycles. The third-order valence-corrected chi connectivity index (χ3v) is 7.40. The molecule has 2 amide bonds. The van der Waals surface area contributed by atoms with Gasteiger partial charge in [-0.1, -0.05) is 66.2 Å². The van der Waals surface area contributed by atoms with Crippen molar-refractivity contribution in [3.05, 3.63) is 100 Å². The Morgan fingerprint density at radius 3 is 2.62 bits per heavy atom. The first-order chi connectivity index (χ1) is 16.5. The van der Waals surface area contributed by atoms with E-state index >= 15 is 0 Å². The van der Waals surface area contributed by atoms with Gasteiger partial charge in [0.15, 0.2) is 0 Å². The molecule has 172 valence electrons. The van der Waals surface area contributed by atoms with Crippen molar-refractivity contribution in [1.29, 1.82) is 0 Å². The molecule has 2 aromatic heterocycles. The molecule has 0 bridgehead atoms. The van der Waals surface area contributed by atoms with Gasteiger partial charge in [-0.05, 0) is 41.6 Å². The van der Waals surface area contributed by atoms with Gasteiger partial charge in [0.05, 0.1) is 11.4 Å². The van der Waals surface area contributed by atoms with Crippen molar-refractivity contribution in [2.75, 3.05) is 0 Å². The maximum atomic E-state index is 13.8. The van der Waals surface area contributed by atoms with E-state index in [1.54, 1.807) is 40.0 Å². The zero-order chi connectivity index (χ0) is 23.7. The molecular formula is C26H23ClN4O2S. The fourth-order valence-electron chi connectivity index (χ4n) is 4.20. The van der Waals surface area contributed by atoms with Gasteiger partial charge in [0.2, 0.25) is 5.91 Å². The number of hydrogen-bond acceptors (Lipinski definition) is 4. The summed E-state index contributed by atoms with van der Waals surface area (Å²) in [4.78, 5) is 29.9. The first-order valence-electron chi connectivity index (χ1n) is 10.9. The van der Waals surface area contributed by atoms with Crippen LogP contribution in [0, 0.1) is 0 Å². The van der Waals surface area contributed by atoms with Crippen LogP contribution in [0.25, 0.3) is 10.6 Å². The lowest BCUT2D eigenvalue weighted by Crippen LogP contribution is -2.63. The summed E-state index contributed by atoms with van der Waals surface area (Å²) < 4.78 is 1.66. The van der Waals surface area contributed by atoms with Crippen LogP contribution in [0.5, 0.6) is 0 Å². The van der Waals surface area contributed by atoms with E-state index in [-0.39, 0.29) is 24.9 Å². The summed E-state index contributed by atoms with van der Waals surface area (Å²) in [6, 6.07) is 22.8.